The van der Waals surface area contributed by atoms with Crippen molar-refractivity contribution < 1.29 is 13.9 Å². The van der Waals surface area contributed by atoms with Crippen LogP contribution in [0.3, 0.4) is 0 Å². The van der Waals surface area contributed by atoms with Crippen molar-refractivity contribution in [1.29, 1.82) is 0 Å². The minimum Gasteiger partial charge on any atom is -0.469 e. The predicted octanol–water partition coefficient (Wildman–Crippen LogP) is 2.91. The van der Waals surface area contributed by atoms with Crippen molar-refractivity contribution in [3.63, 3.8) is 0 Å². The lowest BCUT2D eigenvalue weighted by atomic mass is 9.93. The minimum absolute atomic E-state index is 0.178. The van der Waals surface area contributed by atoms with E-state index in [4.69, 9.17) is 9.15 Å². The monoisotopic (exact) mass is 292 g/mol. The highest BCUT2D eigenvalue weighted by Gasteiger charge is 2.41. The maximum atomic E-state index is 11.7. The number of amides is 1. The Morgan fingerprint density at radius 2 is 2.19 bits per heavy atom. The van der Waals surface area contributed by atoms with Crippen LogP contribution in [0.25, 0.3) is 0 Å². The van der Waals surface area contributed by atoms with Crippen LogP contribution in [0.1, 0.15) is 57.4 Å². The zero-order valence-corrected chi connectivity index (χ0v) is 12.9. The molecule has 3 unspecified atom stereocenters. The van der Waals surface area contributed by atoms with Crippen molar-refractivity contribution in [3.05, 3.63) is 23.7 Å². The van der Waals surface area contributed by atoms with Gasteiger partial charge in [0.2, 0.25) is 0 Å². The number of hydrogen-bond acceptors (Lipinski definition) is 4. The van der Waals surface area contributed by atoms with E-state index < -0.39 is 5.60 Å². The largest absolute Gasteiger partial charge is 0.469 e. The number of furan rings is 1. The Hall–Kier alpha value is -1.49. The zero-order chi connectivity index (χ0) is 15.0. The summed E-state index contributed by atoms with van der Waals surface area (Å²) < 4.78 is 10.8. The Morgan fingerprint density at radius 1 is 1.38 bits per heavy atom. The Morgan fingerprint density at radius 3 is 2.95 bits per heavy atom. The lowest BCUT2D eigenvalue weighted by Gasteiger charge is -2.23. The van der Waals surface area contributed by atoms with E-state index in [0.29, 0.717) is 12.1 Å². The number of nitrogens with one attached hydrogen (secondary N) is 2. The van der Waals surface area contributed by atoms with Crippen molar-refractivity contribution in [2.75, 3.05) is 0 Å². The van der Waals surface area contributed by atoms with Gasteiger partial charge in [-0.05, 0) is 46.1 Å². The molecule has 1 amide bonds. The first kappa shape index (κ1) is 14.4. The van der Waals surface area contributed by atoms with Gasteiger partial charge in [0.25, 0.3) is 0 Å². The molecule has 0 saturated heterocycles. The van der Waals surface area contributed by atoms with E-state index in [0.717, 1.165) is 31.4 Å². The molecule has 1 fully saturated rings. The van der Waals surface area contributed by atoms with E-state index >= 15 is 0 Å². The average Bonchev–Trinajstić information content (AvgIpc) is 2.89. The summed E-state index contributed by atoms with van der Waals surface area (Å²) in [5, 5.41) is 6.54. The number of carbonyl (C=O) groups is 1. The van der Waals surface area contributed by atoms with Crippen molar-refractivity contribution in [2.24, 2.45) is 0 Å². The normalized spacial score (nSPS) is 27.9. The lowest BCUT2D eigenvalue weighted by molar-refractivity contribution is 0.0521. The van der Waals surface area contributed by atoms with Crippen LogP contribution in [0.4, 0.5) is 4.79 Å². The summed E-state index contributed by atoms with van der Waals surface area (Å²) >= 11 is 0. The van der Waals surface area contributed by atoms with Gasteiger partial charge in [-0.1, -0.05) is 0 Å². The molecule has 2 aliphatic carbocycles. The van der Waals surface area contributed by atoms with Crippen LogP contribution in [0, 0.1) is 0 Å². The van der Waals surface area contributed by atoms with Crippen molar-refractivity contribution in [3.8, 4) is 0 Å². The van der Waals surface area contributed by atoms with Gasteiger partial charge in [-0.3, -0.25) is 0 Å². The standard InChI is InChI=1S/C16H24N2O3/c1-16(2,3)21-15(19)18-13-9-12(13)17-11-5-4-6-14-10(11)7-8-20-14/h7-8,11-13,17H,4-6,9H2,1-3H3,(H,18,19). The molecule has 1 aromatic rings. The molecule has 0 aliphatic heterocycles. The number of fused-ring (bicyclic) bond motifs is 1. The number of carbonyl (C=O) groups excluding carboxylic acids is 1. The summed E-state index contributed by atoms with van der Waals surface area (Å²) in [6, 6.07) is 2.92. The minimum atomic E-state index is -0.447. The molecular formula is C16H24N2O3. The number of rotatable bonds is 3. The highest BCUT2D eigenvalue weighted by molar-refractivity contribution is 5.68. The summed E-state index contributed by atoms with van der Waals surface area (Å²) in [5.41, 5.74) is 0.834. The fraction of sp³-hybridized carbons (Fsp3) is 0.688. The Balaban J connectivity index is 1.48. The quantitative estimate of drug-likeness (QED) is 0.899. The molecule has 0 radical (unpaired) electrons. The van der Waals surface area contributed by atoms with Gasteiger partial charge in [0.1, 0.15) is 11.4 Å². The van der Waals surface area contributed by atoms with Gasteiger partial charge in [-0.2, -0.15) is 0 Å². The third-order valence-electron chi connectivity index (χ3n) is 3.96. The molecule has 1 saturated carbocycles. The van der Waals surface area contributed by atoms with Crippen molar-refractivity contribution in [2.45, 2.75) is 70.2 Å². The van der Waals surface area contributed by atoms with Gasteiger partial charge in [-0.15, -0.1) is 0 Å². The molecule has 5 nitrogen and oxygen atoms in total. The second-order valence-corrected chi connectivity index (χ2v) is 7.01. The molecule has 21 heavy (non-hydrogen) atoms. The molecule has 0 spiro atoms. The topological polar surface area (TPSA) is 63.5 Å². The van der Waals surface area contributed by atoms with Gasteiger partial charge in [-0.25, -0.2) is 4.79 Å². The molecule has 2 N–H and O–H groups in total. The fourth-order valence-electron chi connectivity index (χ4n) is 2.92. The lowest BCUT2D eigenvalue weighted by Crippen LogP contribution is -2.37. The van der Waals surface area contributed by atoms with Gasteiger partial charge in [0.05, 0.1) is 6.26 Å². The van der Waals surface area contributed by atoms with E-state index in [-0.39, 0.29) is 12.1 Å². The highest BCUT2D eigenvalue weighted by atomic mass is 16.6. The molecule has 3 rings (SSSR count). The summed E-state index contributed by atoms with van der Waals surface area (Å²) in [7, 11) is 0. The van der Waals surface area contributed by atoms with Crippen LogP contribution in [-0.4, -0.2) is 23.8 Å². The summed E-state index contributed by atoms with van der Waals surface area (Å²) in [6.07, 6.45) is 5.71. The third-order valence-corrected chi connectivity index (χ3v) is 3.96. The average molecular weight is 292 g/mol. The van der Waals surface area contributed by atoms with Gasteiger partial charge in [0.15, 0.2) is 0 Å². The van der Waals surface area contributed by atoms with Gasteiger partial charge < -0.3 is 19.8 Å². The van der Waals surface area contributed by atoms with E-state index in [1.807, 2.05) is 20.8 Å². The van der Waals surface area contributed by atoms with E-state index in [9.17, 15) is 4.79 Å². The van der Waals surface area contributed by atoms with Crippen LogP contribution >= 0.6 is 0 Å². The van der Waals surface area contributed by atoms with E-state index in [1.165, 1.54) is 5.56 Å². The van der Waals surface area contributed by atoms with Crippen molar-refractivity contribution in [1.82, 2.24) is 10.6 Å². The van der Waals surface area contributed by atoms with Crippen LogP contribution in [0.5, 0.6) is 0 Å². The summed E-state index contributed by atoms with van der Waals surface area (Å²) in [4.78, 5) is 11.7. The molecule has 116 valence electrons. The zero-order valence-electron chi connectivity index (χ0n) is 12.9. The molecule has 1 heterocycles. The predicted molar refractivity (Wildman–Crippen MR) is 79.1 cm³/mol. The first-order valence-corrected chi connectivity index (χ1v) is 7.74. The number of ether oxygens (including phenoxy) is 1. The number of hydrogen-bond donors (Lipinski definition) is 2. The Kier molecular flexibility index (Phi) is 3.69. The molecular weight excluding hydrogens is 268 g/mol. The highest BCUT2D eigenvalue weighted by Crippen LogP contribution is 2.34. The molecule has 0 bridgehead atoms. The second-order valence-electron chi connectivity index (χ2n) is 7.01. The Bertz CT molecular complexity index is 518. The van der Waals surface area contributed by atoms with E-state index in [2.05, 4.69) is 16.7 Å². The second kappa shape index (κ2) is 5.37. The molecule has 1 aromatic heterocycles. The molecule has 5 heteroatoms. The first-order valence-electron chi connectivity index (χ1n) is 7.74. The molecule has 2 aliphatic rings. The van der Waals surface area contributed by atoms with Crippen LogP contribution < -0.4 is 10.6 Å². The van der Waals surface area contributed by atoms with E-state index in [1.54, 1.807) is 6.26 Å². The third kappa shape index (κ3) is 3.59. The van der Waals surface area contributed by atoms with Gasteiger partial charge >= 0.3 is 6.09 Å². The van der Waals surface area contributed by atoms with Crippen LogP contribution in [-0.2, 0) is 11.2 Å². The first-order chi connectivity index (χ1) is 9.92. The van der Waals surface area contributed by atoms with Crippen molar-refractivity contribution >= 4 is 6.09 Å². The summed E-state index contributed by atoms with van der Waals surface area (Å²) in [6.45, 7) is 5.62. The smallest absolute Gasteiger partial charge is 0.407 e. The van der Waals surface area contributed by atoms with Crippen LogP contribution in [0.15, 0.2) is 16.7 Å². The van der Waals surface area contributed by atoms with Crippen LogP contribution in [0.2, 0.25) is 0 Å². The maximum Gasteiger partial charge on any atom is 0.407 e. The Labute approximate surface area is 125 Å². The number of aryl methyl sites for hydroxylation is 1. The molecule has 0 aromatic carbocycles. The molecule has 3 atom stereocenters. The maximum absolute atomic E-state index is 11.7. The number of alkyl carbamates (subject to hydrolysis) is 1. The van der Waals surface area contributed by atoms with Gasteiger partial charge in [0, 0.05) is 30.1 Å². The summed E-state index contributed by atoms with van der Waals surface area (Å²) in [5.74, 6) is 1.11. The fourth-order valence-corrected chi connectivity index (χ4v) is 2.92. The SMILES string of the molecule is CC(C)(C)OC(=O)NC1CC1NC1CCCc2occc21.